The Kier molecular flexibility index (Phi) is 3.62. The maximum absolute atomic E-state index is 11.7. The molecule has 100 valence electrons. The Morgan fingerprint density at radius 1 is 1.37 bits per heavy atom. The first-order valence-corrected chi connectivity index (χ1v) is 5.70. The highest BCUT2D eigenvalue weighted by atomic mass is 35.5. The molecule has 2 rings (SSSR count). The molecule has 0 amide bonds. The van der Waals surface area contributed by atoms with Crippen LogP contribution in [0.3, 0.4) is 0 Å². The van der Waals surface area contributed by atoms with Crippen molar-refractivity contribution in [2.45, 2.75) is 6.92 Å². The standard InChI is InChI=1S/C12H11ClN2O4/c1-7-14-11(16)6-12(17)15(7)19-10-5-8(18-2)3-4-9(10)13/h3-6,16H,1-2H3. The van der Waals surface area contributed by atoms with Crippen molar-refractivity contribution in [3.05, 3.63) is 45.5 Å². The Labute approximate surface area is 113 Å². The highest BCUT2D eigenvalue weighted by molar-refractivity contribution is 6.32. The van der Waals surface area contributed by atoms with E-state index in [0.717, 1.165) is 10.8 Å². The van der Waals surface area contributed by atoms with E-state index < -0.39 is 5.56 Å². The van der Waals surface area contributed by atoms with Gasteiger partial charge in [-0.15, -0.1) is 4.73 Å². The van der Waals surface area contributed by atoms with Gasteiger partial charge in [0.2, 0.25) is 5.88 Å². The molecule has 0 saturated heterocycles. The van der Waals surface area contributed by atoms with Gasteiger partial charge in [-0.05, 0) is 19.1 Å². The molecule has 0 aliphatic carbocycles. The first-order chi connectivity index (χ1) is 9.01. The number of aryl methyl sites for hydroxylation is 1. The molecule has 6 nitrogen and oxygen atoms in total. The van der Waals surface area contributed by atoms with Crippen molar-refractivity contribution in [3.63, 3.8) is 0 Å². The lowest BCUT2D eigenvalue weighted by atomic mass is 10.3. The summed E-state index contributed by atoms with van der Waals surface area (Å²) in [7, 11) is 1.51. The van der Waals surface area contributed by atoms with Crippen LogP contribution in [-0.2, 0) is 0 Å². The second-order valence-corrected chi connectivity index (χ2v) is 4.09. The van der Waals surface area contributed by atoms with Gasteiger partial charge in [-0.25, -0.2) is 0 Å². The lowest BCUT2D eigenvalue weighted by molar-refractivity contribution is 0.190. The van der Waals surface area contributed by atoms with Crippen LogP contribution in [0.5, 0.6) is 17.4 Å². The van der Waals surface area contributed by atoms with Crippen LogP contribution in [0.1, 0.15) is 5.82 Å². The number of methoxy groups -OCH3 is 1. The third kappa shape index (κ3) is 2.79. The quantitative estimate of drug-likeness (QED) is 0.928. The van der Waals surface area contributed by atoms with Gasteiger partial charge in [-0.1, -0.05) is 11.6 Å². The summed E-state index contributed by atoms with van der Waals surface area (Å²) in [4.78, 5) is 20.8. The monoisotopic (exact) mass is 282 g/mol. The Bertz CT molecular complexity index is 669. The van der Waals surface area contributed by atoms with Gasteiger partial charge >= 0.3 is 0 Å². The van der Waals surface area contributed by atoms with Gasteiger partial charge < -0.3 is 14.7 Å². The lowest BCUT2D eigenvalue weighted by Gasteiger charge is -2.12. The largest absolute Gasteiger partial charge is 0.497 e. The molecule has 0 saturated carbocycles. The SMILES string of the molecule is COc1ccc(Cl)c(On2c(C)nc(O)cc2=O)c1. The minimum atomic E-state index is -0.552. The van der Waals surface area contributed by atoms with Crippen molar-refractivity contribution in [2.24, 2.45) is 0 Å². The van der Waals surface area contributed by atoms with E-state index in [-0.39, 0.29) is 17.5 Å². The van der Waals surface area contributed by atoms with E-state index in [4.69, 9.17) is 21.2 Å². The summed E-state index contributed by atoms with van der Waals surface area (Å²) in [5.41, 5.74) is -0.552. The van der Waals surface area contributed by atoms with Gasteiger partial charge in [0.15, 0.2) is 11.6 Å². The number of aromatic nitrogens is 2. The Morgan fingerprint density at radius 3 is 2.74 bits per heavy atom. The van der Waals surface area contributed by atoms with E-state index in [9.17, 15) is 9.90 Å². The second kappa shape index (κ2) is 5.19. The molecule has 7 heteroatoms. The van der Waals surface area contributed by atoms with Crippen molar-refractivity contribution in [2.75, 3.05) is 7.11 Å². The average molecular weight is 283 g/mol. The molecule has 1 heterocycles. The van der Waals surface area contributed by atoms with Crippen molar-refractivity contribution >= 4 is 11.6 Å². The molecule has 19 heavy (non-hydrogen) atoms. The highest BCUT2D eigenvalue weighted by Crippen LogP contribution is 2.29. The van der Waals surface area contributed by atoms with Gasteiger partial charge in [-0.2, -0.15) is 4.98 Å². The first-order valence-electron chi connectivity index (χ1n) is 5.33. The Morgan fingerprint density at radius 2 is 2.11 bits per heavy atom. The van der Waals surface area contributed by atoms with Crippen LogP contribution < -0.4 is 15.1 Å². The zero-order chi connectivity index (χ0) is 14.0. The smallest absolute Gasteiger partial charge is 0.290 e. The van der Waals surface area contributed by atoms with E-state index in [1.54, 1.807) is 18.2 Å². The minimum Gasteiger partial charge on any atom is -0.497 e. The zero-order valence-electron chi connectivity index (χ0n) is 10.3. The van der Waals surface area contributed by atoms with Crippen LogP contribution in [0.15, 0.2) is 29.1 Å². The maximum atomic E-state index is 11.7. The van der Waals surface area contributed by atoms with Crippen molar-refractivity contribution in [1.29, 1.82) is 0 Å². The molecule has 1 aromatic heterocycles. The fourth-order valence-electron chi connectivity index (χ4n) is 1.46. The van der Waals surface area contributed by atoms with Gasteiger partial charge in [0.25, 0.3) is 5.56 Å². The molecule has 0 fully saturated rings. The van der Waals surface area contributed by atoms with Crippen LogP contribution in [0.4, 0.5) is 0 Å². The third-order valence-corrected chi connectivity index (χ3v) is 2.66. The fourth-order valence-corrected chi connectivity index (χ4v) is 1.61. The van der Waals surface area contributed by atoms with Crippen molar-refractivity contribution in [3.8, 4) is 17.4 Å². The summed E-state index contributed by atoms with van der Waals surface area (Å²) < 4.78 is 5.98. The molecule has 0 bridgehead atoms. The third-order valence-electron chi connectivity index (χ3n) is 2.35. The summed E-state index contributed by atoms with van der Waals surface area (Å²) in [5.74, 6) is 0.624. The van der Waals surface area contributed by atoms with Crippen molar-refractivity contribution < 1.29 is 14.7 Å². The molecule has 0 aliphatic heterocycles. The minimum absolute atomic E-state index is 0.198. The normalized spacial score (nSPS) is 10.3. The number of aromatic hydroxyl groups is 1. The van der Waals surface area contributed by atoms with E-state index in [1.807, 2.05) is 0 Å². The molecule has 1 aromatic carbocycles. The average Bonchev–Trinajstić information content (AvgIpc) is 2.35. The predicted octanol–water partition coefficient (Wildman–Crippen LogP) is 1.76. The Hall–Kier alpha value is -2.21. The summed E-state index contributed by atoms with van der Waals surface area (Å²) in [6.45, 7) is 1.52. The molecule has 2 aromatic rings. The summed E-state index contributed by atoms with van der Waals surface area (Å²) in [5, 5.41) is 9.51. The summed E-state index contributed by atoms with van der Waals surface area (Å²) >= 11 is 5.97. The van der Waals surface area contributed by atoms with Crippen LogP contribution in [0.2, 0.25) is 5.02 Å². The van der Waals surface area contributed by atoms with E-state index in [2.05, 4.69) is 4.98 Å². The van der Waals surface area contributed by atoms with Gasteiger partial charge in [0.1, 0.15) is 5.75 Å². The number of nitrogens with zero attached hydrogens (tertiary/aromatic N) is 2. The van der Waals surface area contributed by atoms with E-state index in [1.165, 1.54) is 14.0 Å². The molecule has 0 unspecified atom stereocenters. The number of rotatable bonds is 3. The number of hydrogen-bond donors (Lipinski definition) is 1. The van der Waals surface area contributed by atoms with Gasteiger partial charge in [-0.3, -0.25) is 4.79 Å². The summed E-state index contributed by atoms with van der Waals surface area (Å²) in [6, 6.07) is 5.74. The van der Waals surface area contributed by atoms with Crippen LogP contribution >= 0.6 is 11.6 Å². The number of hydrogen-bond acceptors (Lipinski definition) is 5. The topological polar surface area (TPSA) is 73.6 Å². The Balaban J connectivity index is 2.44. The molecular formula is C12H11ClN2O4. The van der Waals surface area contributed by atoms with Gasteiger partial charge in [0.05, 0.1) is 18.2 Å². The molecular weight excluding hydrogens is 272 g/mol. The number of halogens is 1. The first kappa shape index (κ1) is 13.2. The van der Waals surface area contributed by atoms with Crippen LogP contribution in [-0.4, -0.2) is 21.9 Å². The molecule has 0 spiro atoms. The molecule has 1 N–H and O–H groups in total. The number of benzene rings is 1. The van der Waals surface area contributed by atoms with Crippen molar-refractivity contribution in [1.82, 2.24) is 9.71 Å². The molecule has 0 radical (unpaired) electrons. The lowest BCUT2D eigenvalue weighted by Crippen LogP contribution is -2.26. The molecule has 0 aliphatic rings. The number of ether oxygens (including phenoxy) is 1. The van der Waals surface area contributed by atoms with Crippen LogP contribution in [0.25, 0.3) is 0 Å². The maximum Gasteiger partial charge on any atom is 0.290 e. The molecule has 0 atom stereocenters. The van der Waals surface area contributed by atoms with Gasteiger partial charge in [0, 0.05) is 6.07 Å². The van der Waals surface area contributed by atoms with E-state index >= 15 is 0 Å². The van der Waals surface area contributed by atoms with E-state index in [0.29, 0.717) is 10.8 Å². The van der Waals surface area contributed by atoms with Crippen LogP contribution in [0, 0.1) is 6.92 Å². The highest BCUT2D eigenvalue weighted by Gasteiger charge is 2.10. The predicted molar refractivity (Wildman–Crippen MR) is 68.9 cm³/mol. The second-order valence-electron chi connectivity index (χ2n) is 3.68. The summed E-state index contributed by atoms with van der Waals surface area (Å²) in [6.07, 6.45) is 0. The fraction of sp³-hybridized carbons (Fsp3) is 0.167. The zero-order valence-corrected chi connectivity index (χ0v) is 11.0.